The second kappa shape index (κ2) is 5.70. The fraction of sp³-hybridized carbons (Fsp3) is 0.368. The fourth-order valence-electron chi connectivity index (χ4n) is 2.21. The average Bonchev–Trinajstić information content (AvgIpc) is 2.38. The Bertz CT molecular complexity index is 576. The lowest BCUT2D eigenvalue weighted by Crippen LogP contribution is -2.11. The van der Waals surface area contributed by atoms with Gasteiger partial charge >= 0.3 is 0 Å². The molecule has 0 fully saturated rings. The molecule has 0 bridgehead atoms. The minimum Gasteiger partial charge on any atom is -0.356 e. The van der Waals surface area contributed by atoms with E-state index < -0.39 is 0 Å². The summed E-state index contributed by atoms with van der Waals surface area (Å²) in [5.41, 5.74) is 5.20. The van der Waals surface area contributed by atoms with Gasteiger partial charge in [-0.25, -0.2) is 0 Å². The van der Waals surface area contributed by atoms with Gasteiger partial charge in [-0.1, -0.05) is 58.9 Å². The molecule has 1 nitrogen and oxygen atoms in total. The third kappa shape index (κ3) is 3.63. The van der Waals surface area contributed by atoms with Crippen molar-refractivity contribution in [3.05, 3.63) is 59.7 Å². The number of hydrogen-bond acceptors (Lipinski definition) is 1. The Morgan fingerprint density at radius 1 is 0.850 bits per heavy atom. The molecule has 2 rings (SSSR count). The molecule has 1 N–H and O–H groups in total. The van der Waals surface area contributed by atoms with Gasteiger partial charge in [0.15, 0.2) is 0 Å². The maximum atomic E-state index is 3.51. The molecule has 0 aromatic heterocycles. The van der Waals surface area contributed by atoms with Crippen LogP contribution < -0.4 is 5.32 Å². The van der Waals surface area contributed by atoms with E-state index >= 15 is 0 Å². The Hall–Kier alpha value is -1.76. The Morgan fingerprint density at radius 2 is 1.45 bits per heavy atom. The van der Waals surface area contributed by atoms with E-state index in [1.54, 1.807) is 0 Å². The zero-order valence-corrected chi connectivity index (χ0v) is 13.2. The van der Waals surface area contributed by atoms with Crippen molar-refractivity contribution >= 4 is 11.4 Å². The summed E-state index contributed by atoms with van der Waals surface area (Å²) in [6.45, 7) is 11.2. The quantitative estimate of drug-likeness (QED) is 0.735. The van der Waals surface area contributed by atoms with Gasteiger partial charge in [0, 0.05) is 11.4 Å². The van der Waals surface area contributed by atoms with Crippen molar-refractivity contribution in [1.29, 1.82) is 0 Å². The van der Waals surface area contributed by atoms with Gasteiger partial charge in [-0.05, 0) is 46.7 Å². The Balaban J connectivity index is 2.24. The van der Waals surface area contributed by atoms with Gasteiger partial charge in [0.2, 0.25) is 0 Å². The zero-order valence-electron chi connectivity index (χ0n) is 13.2. The van der Waals surface area contributed by atoms with E-state index in [9.17, 15) is 0 Å². The molecule has 0 heterocycles. The van der Waals surface area contributed by atoms with E-state index in [1.807, 2.05) is 0 Å². The summed E-state index contributed by atoms with van der Waals surface area (Å²) in [5, 5.41) is 3.51. The summed E-state index contributed by atoms with van der Waals surface area (Å²) in [6.07, 6.45) is 0. The van der Waals surface area contributed by atoms with Gasteiger partial charge in [-0.2, -0.15) is 0 Å². The monoisotopic (exact) mass is 267 g/mol. The third-order valence-corrected chi connectivity index (χ3v) is 3.57. The lowest BCUT2D eigenvalue weighted by Gasteiger charge is -2.20. The van der Waals surface area contributed by atoms with Gasteiger partial charge in [0.1, 0.15) is 0 Å². The Morgan fingerprint density at radius 3 is 2.05 bits per heavy atom. The van der Waals surface area contributed by atoms with Gasteiger partial charge in [0.25, 0.3) is 0 Å². The van der Waals surface area contributed by atoms with Crippen molar-refractivity contribution in [2.75, 3.05) is 5.32 Å². The first-order valence-electron chi connectivity index (χ1n) is 7.34. The molecule has 106 valence electrons. The molecule has 1 heteroatoms. The topological polar surface area (TPSA) is 12.0 Å². The molecule has 0 aliphatic heterocycles. The standard InChI is InChI=1S/C19H25N/c1-14(2)15-8-6-10-17(12-15)20-18-11-7-9-16(13-18)19(3,4)5/h6-14,20H,1-5H3. The number of hydrogen-bond donors (Lipinski definition) is 1. The minimum atomic E-state index is 0.178. The summed E-state index contributed by atoms with van der Waals surface area (Å²) in [5.74, 6) is 0.553. The van der Waals surface area contributed by atoms with Crippen LogP contribution in [0.2, 0.25) is 0 Å². The normalized spacial score (nSPS) is 11.7. The summed E-state index contributed by atoms with van der Waals surface area (Å²) in [7, 11) is 0. The van der Waals surface area contributed by atoms with E-state index in [4.69, 9.17) is 0 Å². The largest absolute Gasteiger partial charge is 0.356 e. The van der Waals surface area contributed by atoms with Crippen LogP contribution in [0.25, 0.3) is 0 Å². The van der Waals surface area contributed by atoms with Gasteiger partial charge in [-0.3, -0.25) is 0 Å². The predicted molar refractivity (Wildman–Crippen MR) is 89.0 cm³/mol. The van der Waals surface area contributed by atoms with Crippen LogP contribution in [0, 0.1) is 0 Å². The van der Waals surface area contributed by atoms with Crippen LogP contribution in [0.4, 0.5) is 11.4 Å². The molecule has 0 unspecified atom stereocenters. The first kappa shape index (κ1) is 14.6. The highest BCUT2D eigenvalue weighted by atomic mass is 14.9. The smallest absolute Gasteiger partial charge is 0.0387 e. The van der Waals surface area contributed by atoms with Crippen LogP contribution in [0.3, 0.4) is 0 Å². The lowest BCUT2D eigenvalue weighted by molar-refractivity contribution is 0.590. The van der Waals surface area contributed by atoms with E-state index in [1.165, 1.54) is 11.1 Å². The first-order chi connectivity index (χ1) is 9.36. The molecule has 0 aliphatic rings. The van der Waals surface area contributed by atoms with Crippen molar-refractivity contribution in [2.45, 2.75) is 46.0 Å². The number of nitrogens with one attached hydrogen (secondary N) is 1. The highest BCUT2D eigenvalue weighted by molar-refractivity contribution is 5.61. The Kier molecular flexibility index (Phi) is 4.17. The van der Waals surface area contributed by atoms with Crippen molar-refractivity contribution < 1.29 is 0 Å². The van der Waals surface area contributed by atoms with E-state index in [0.717, 1.165) is 11.4 Å². The number of anilines is 2. The molecule has 0 atom stereocenters. The summed E-state index contributed by atoms with van der Waals surface area (Å²) in [6, 6.07) is 17.3. The van der Waals surface area contributed by atoms with Crippen molar-refractivity contribution in [3.63, 3.8) is 0 Å². The SMILES string of the molecule is CC(C)c1cccc(Nc2cccc(C(C)(C)C)c2)c1. The van der Waals surface area contributed by atoms with E-state index in [0.29, 0.717) is 5.92 Å². The maximum Gasteiger partial charge on any atom is 0.0387 e. The van der Waals surface area contributed by atoms with Crippen molar-refractivity contribution in [1.82, 2.24) is 0 Å². The van der Waals surface area contributed by atoms with Crippen LogP contribution in [-0.2, 0) is 5.41 Å². The lowest BCUT2D eigenvalue weighted by atomic mass is 9.87. The van der Waals surface area contributed by atoms with Crippen LogP contribution in [-0.4, -0.2) is 0 Å². The third-order valence-electron chi connectivity index (χ3n) is 3.57. The molecule has 0 spiro atoms. The van der Waals surface area contributed by atoms with Gasteiger partial charge < -0.3 is 5.32 Å². The molecule has 2 aromatic rings. The van der Waals surface area contributed by atoms with E-state index in [-0.39, 0.29) is 5.41 Å². The van der Waals surface area contributed by atoms with Gasteiger partial charge in [0.05, 0.1) is 0 Å². The van der Waals surface area contributed by atoms with Crippen LogP contribution in [0.15, 0.2) is 48.5 Å². The molecule has 0 saturated carbocycles. The summed E-state index contributed by atoms with van der Waals surface area (Å²) >= 11 is 0. The van der Waals surface area contributed by atoms with Gasteiger partial charge in [-0.15, -0.1) is 0 Å². The minimum absolute atomic E-state index is 0.178. The number of benzene rings is 2. The predicted octanol–water partition coefficient (Wildman–Crippen LogP) is 5.85. The van der Waals surface area contributed by atoms with E-state index in [2.05, 4.69) is 88.5 Å². The van der Waals surface area contributed by atoms with Crippen LogP contribution in [0.1, 0.15) is 51.7 Å². The second-order valence-corrected chi connectivity index (χ2v) is 6.74. The summed E-state index contributed by atoms with van der Waals surface area (Å²) in [4.78, 5) is 0. The fourth-order valence-corrected chi connectivity index (χ4v) is 2.21. The highest BCUT2D eigenvalue weighted by Gasteiger charge is 2.13. The maximum absolute atomic E-state index is 3.51. The molecule has 0 saturated heterocycles. The van der Waals surface area contributed by atoms with Crippen LogP contribution >= 0.6 is 0 Å². The molecule has 2 aromatic carbocycles. The Labute approximate surface area is 123 Å². The zero-order chi connectivity index (χ0) is 14.8. The average molecular weight is 267 g/mol. The number of rotatable bonds is 3. The molecular weight excluding hydrogens is 242 g/mol. The van der Waals surface area contributed by atoms with Crippen LogP contribution in [0.5, 0.6) is 0 Å². The molecular formula is C19H25N. The van der Waals surface area contributed by atoms with Crippen molar-refractivity contribution in [2.24, 2.45) is 0 Å². The molecule has 20 heavy (non-hydrogen) atoms. The summed E-state index contributed by atoms with van der Waals surface area (Å²) < 4.78 is 0. The first-order valence-corrected chi connectivity index (χ1v) is 7.34. The highest BCUT2D eigenvalue weighted by Crippen LogP contribution is 2.27. The molecule has 0 amide bonds. The van der Waals surface area contributed by atoms with Crippen molar-refractivity contribution in [3.8, 4) is 0 Å². The molecule has 0 radical (unpaired) electrons. The second-order valence-electron chi connectivity index (χ2n) is 6.74. The molecule has 0 aliphatic carbocycles.